The van der Waals surface area contributed by atoms with Gasteiger partial charge in [0.25, 0.3) is 0 Å². The minimum atomic E-state index is -1.11. The van der Waals surface area contributed by atoms with Gasteiger partial charge in [0.15, 0.2) is 11.5 Å². The molecule has 0 aliphatic carbocycles. The highest BCUT2D eigenvalue weighted by Crippen LogP contribution is 2.31. The third kappa shape index (κ3) is 11.6. The van der Waals surface area contributed by atoms with E-state index in [-0.39, 0.29) is 42.9 Å². The fourth-order valence-corrected chi connectivity index (χ4v) is 3.51. The molecule has 0 fully saturated rings. The van der Waals surface area contributed by atoms with E-state index in [1.54, 1.807) is 33.8 Å². The summed E-state index contributed by atoms with van der Waals surface area (Å²) in [5.41, 5.74) is 0.547. The quantitative estimate of drug-likeness (QED) is 0.235. The van der Waals surface area contributed by atoms with E-state index in [0.29, 0.717) is 18.4 Å². The average Bonchev–Trinajstić information content (AvgIpc) is 2.83. The molecule has 10 heteroatoms. The van der Waals surface area contributed by atoms with E-state index in [1.165, 1.54) is 12.1 Å². The minimum Gasteiger partial charge on any atom is -0.480 e. The Morgan fingerprint density at radius 1 is 0.892 bits per heavy atom. The summed E-state index contributed by atoms with van der Waals surface area (Å²) in [6, 6.07) is 3.62. The van der Waals surface area contributed by atoms with Crippen molar-refractivity contribution in [3.63, 3.8) is 0 Å². The summed E-state index contributed by atoms with van der Waals surface area (Å²) in [5.74, 6) is -2.53. The number of carboxylic acid groups (broad SMARTS) is 1. The van der Waals surface area contributed by atoms with Gasteiger partial charge < -0.3 is 29.4 Å². The van der Waals surface area contributed by atoms with Crippen molar-refractivity contribution in [3.8, 4) is 11.5 Å². The van der Waals surface area contributed by atoms with Gasteiger partial charge in [0, 0.05) is 6.54 Å². The first kappa shape index (κ1) is 31.9. The van der Waals surface area contributed by atoms with E-state index in [1.807, 2.05) is 13.8 Å². The highest BCUT2D eigenvalue weighted by molar-refractivity contribution is 5.78. The van der Waals surface area contributed by atoms with E-state index in [0.717, 1.165) is 12.8 Å². The molecule has 3 unspecified atom stereocenters. The Labute approximate surface area is 219 Å². The van der Waals surface area contributed by atoms with Crippen molar-refractivity contribution >= 4 is 24.1 Å². The minimum absolute atomic E-state index is 0.0387. The number of hydrogen-bond donors (Lipinski definition) is 2. The molecule has 4 atom stereocenters. The molecule has 10 nitrogen and oxygen atoms in total. The molecule has 1 aromatic rings. The van der Waals surface area contributed by atoms with Crippen LogP contribution < -0.4 is 14.8 Å². The lowest BCUT2D eigenvalue weighted by Crippen LogP contribution is -2.42. The van der Waals surface area contributed by atoms with E-state index in [2.05, 4.69) is 5.32 Å². The van der Waals surface area contributed by atoms with Gasteiger partial charge in [0.05, 0.1) is 18.4 Å². The lowest BCUT2D eigenvalue weighted by Gasteiger charge is -2.19. The van der Waals surface area contributed by atoms with Gasteiger partial charge in [0.2, 0.25) is 0 Å². The molecule has 0 saturated heterocycles. The lowest BCUT2D eigenvalue weighted by molar-refractivity contribution is -0.141. The Balaban J connectivity index is 3.07. The number of nitrogens with one attached hydrogen (secondary N) is 1. The summed E-state index contributed by atoms with van der Waals surface area (Å²) in [7, 11) is 0. The predicted octanol–water partition coefficient (Wildman–Crippen LogP) is 4.52. The summed E-state index contributed by atoms with van der Waals surface area (Å²) in [5, 5.41) is 12.6. The van der Waals surface area contributed by atoms with Crippen LogP contribution in [0.25, 0.3) is 0 Å². The molecule has 2 N–H and O–H groups in total. The normalized spacial score (nSPS) is 14.1. The van der Waals surface area contributed by atoms with Crippen LogP contribution in [-0.2, 0) is 30.3 Å². The number of carbonyl (C=O) groups excluding carboxylic acids is 3. The topological polar surface area (TPSA) is 137 Å². The van der Waals surface area contributed by atoms with Crippen LogP contribution in [0.15, 0.2) is 18.2 Å². The first-order valence-corrected chi connectivity index (χ1v) is 12.9. The molecule has 0 saturated carbocycles. The molecule has 0 radical (unpaired) electrons. The van der Waals surface area contributed by atoms with Gasteiger partial charge in [-0.05, 0) is 50.8 Å². The highest BCUT2D eigenvalue weighted by Gasteiger charge is 2.24. The molecule has 1 rings (SSSR count). The van der Waals surface area contributed by atoms with Gasteiger partial charge in [-0.25, -0.2) is 4.79 Å². The number of aliphatic carboxylic acids is 1. The number of benzene rings is 1. The number of hydrogen-bond acceptors (Lipinski definition) is 9. The molecular formula is C27H41NO9. The van der Waals surface area contributed by atoms with Crippen LogP contribution >= 0.6 is 0 Å². The van der Waals surface area contributed by atoms with Gasteiger partial charge in [0.1, 0.15) is 12.1 Å². The van der Waals surface area contributed by atoms with Crippen LogP contribution in [0.1, 0.15) is 72.8 Å². The van der Waals surface area contributed by atoms with Crippen LogP contribution in [-0.4, -0.2) is 54.5 Å². The number of esters is 2. The zero-order valence-electron chi connectivity index (χ0n) is 22.7. The predicted molar refractivity (Wildman–Crippen MR) is 137 cm³/mol. The molecule has 0 aliphatic rings. The second-order valence-electron chi connectivity index (χ2n) is 9.12. The standard InChI is InChI=1S/C27H41NO9/c1-7-10-17(4)25(31)36-22-13-12-20(15-23(22)37-26(32)18(5)11-8-2)14-21(24(29)30)28-16-19(6)35-27(33)34-9-3/h12-13,15,17-19,21,28H,7-11,14,16H2,1-6H3,(H,29,30)/t17?,18?,19?,21-/m0/s1. The molecule has 0 bridgehead atoms. The first-order valence-electron chi connectivity index (χ1n) is 12.9. The van der Waals surface area contributed by atoms with Gasteiger partial charge >= 0.3 is 24.1 Å². The monoisotopic (exact) mass is 523 g/mol. The largest absolute Gasteiger partial charge is 0.508 e. The summed E-state index contributed by atoms with van der Waals surface area (Å²) in [6.45, 7) is 11.0. The fourth-order valence-electron chi connectivity index (χ4n) is 3.51. The smallest absolute Gasteiger partial charge is 0.480 e. The van der Waals surface area contributed by atoms with Crippen molar-refractivity contribution < 1.29 is 43.2 Å². The van der Waals surface area contributed by atoms with Crippen molar-refractivity contribution in [1.82, 2.24) is 5.32 Å². The molecule has 208 valence electrons. The molecule has 0 aliphatic heterocycles. The lowest BCUT2D eigenvalue weighted by atomic mass is 10.0. The van der Waals surface area contributed by atoms with Gasteiger partial charge in [-0.2, -0.15) is 0 Å². The number of carboxylic acids is 1. The SMILES string of the molecule is CCCC(C)C(=O)Oc1ccc(C[C@H](NCC(C)OC(=O)OCC)C(=O)O)cc1OC(=O)C(C)CCC. The van der Waals surface area contributed by atoms with Crippen LogP contribution in [0.4, 0.5) is 4.79 Å². The zero-order chi connectivity index (χ0) is 28.0. The number of rotatable bonds is 16. The van der Waals surface area contributed by atoms with E-state index < -0.39 is 36.2 Å². The summed E-state index contributed by atoms with van der Waals surface area (Å²) < 4.78 is 20.9. The van der Waals surface area contributed by atoms with Gasteiger partial charge in [-0.3, -0.25) is 14.4 Å². The maximum atomic E-state index is 12.6. The Morgan fingerprint density at radius 2 is 1.46 bits per heavy atom. The Kier molecular flexibility index (Phi) is 14.3. The number of ether oxygens (including phenoxy) is 4. The molecule has 0 spiro atoms. The summed E-state index contributed by atoms with van der Waals surface area (Å²) >= 11 is 0. The van der Waals surface area contributed by atoms with Gasteiger partial charge in [-0.1, -0.05) is 46.6 Å². The fraction of sp³-hybridized carbons (Fsp3) is 0.630. The van der Waals surface area contributed by atoms with Crippen molar-refractivity contribution in [2.45, 2.75) is 85.8 Å². The molecular weight excluding hydrogens is 482 g/mol. The Hall–Kier alpha value is -3.14. The first-order chi connectivity index (χ1) is 17.5. The van der Waals surface area contributed by atoms with Crippen molar-refractivity contribution in [3.05, 3.63) is 23.8 Å². The molecule has 0 heterocycles. The van der Waals surface area contributed by atoms with Crippen molar-refractivity contribution in [2.75, 3.05) is 13.2 Å². The van der Waals surface area contributed by atoms with Gasteiger partial charge in [-0.15, -0.1) is 0 Å². The van der Waals surface area contributed by atoms with Crippen LogP contribution in [0.2, 0.25) is 0 Å². The molecule has 0 aromatic heterocycles. The second-order valence-corrected chi connectivity index (χ2v) is 9.12. The highest BCUT2D eigenvalue weighted by atomic mass is 16.7. The maximum absolute atomic E-state index is 12.6. The van der Waals surface area contributed by atoms with Crippen LogP contribution in [0, 0.1) is 11.8 Å². The Morgan fingerprint density at radius 3 is 1.97 bits per heavy atom. The summed E-state index contributed by atoms with van der Waals surface area (Å²) in [6.07, 6.45) is 1.50. The number of carbonyl (C=O) groups is 4. The van der Waals surface area contributed by atoms with Crippen molar-refractivity contribution in [1.29, 1.82) is 0 Å². The Bertz CT molecular complexity index is 902. The zero-order valence-corrected chi connectivity index (χ0v) is 22.7. The van der Waals surface area contributed by atoms with E-state index >= 15 is 0 Å². The third-order valence-corrected chi connectivity index (χ3v) is 5.63. The molecule has 0 amide bonds. The van der Waals surface area contributed by atoms with E-state index in [9.17, 15) is 24.3 Å². The van der Waals surface area contributed by atoms with Crippen molar-refractivity contribution in [2.24, 2.45) is 11.8 Å². The van der Waals surface area contributed by atoms with Crippen LogP contribution in [0.5, 0.6) is 11.5 Å². The summed E-state index contributed by atoms with van der Waals surface area (Å²) in [4.78, 5) is 48.4. The van der Waals surface area contributed by atoms with E-state index in [4.69, 9.17) is 18.9 Å². The average molecular weight is 524 g/mol. The molecule has 37 heavy (non-hydrogen) atoms. The second kappa shape index (κ2) is 16.6. The van der Waals surface area contributed by atoms with Crippen LogP contribution in [0.3, 0.4) is 0 Å². The molecule has 1 aromatic carbocycles. The third-order valence-electron chi connectivity index (χ3n) is 5.63. The maximum Gasteiger partial charge on any atom is 0.508 e.